The Morgan fingerprint density at radius 2 is 1.84 bits per heavy atom. The van der Waals surface area contributed by atoms with E-state index in [4.69, 9.17) is 9.47 Å². The molecule has 1 amide bonds. The van der Waals surface area contributed by atoms with Crippen LogP contribution < -0.4 is 14.8 Å². The van der Waals surface area contributed by atoms with E-state index < -0.39 is 6.10 Å². The average Bonchev–Trinajstić information content (AvgIpc) is 3.12. The van der Waals surface area contributed by atoms with Crippen LogP contribution in [0, 0.1) is 0 Å². The lowest BCUT2D eigenvalue weighted by atomic mass is 10.1. The van der Waals surface area contributed by atoms with Crippen LogP contribution in [0.1, 0.15) is 22.0 Å². The van der Waals surface area contributed by atoms with Gasteiger partial charge in [0.2, 0.25) is 0 Å². The zero-order chi connectivity index (χ0) is 17.8. The topological polar surface area (TPSA) is 83.6 Å². The van der Waals surface area contributed by atoms with Gasteiger partial charge in [-0.3, -0.25) is 4.79 Å². The van der Waals surface area contributed by atoms with Gasteiger partial charge >= 0.3 is 0 Å². The number of carbonyl (C=O) groups excluding carboxylic acids is 1. The van der Waals surface area contributed by atoms with Crippen LogP contribution in [0.5, 0.6) is 11.5 Å². The Balaban J connectivity index is 1.68. The van der Waals surface area contributed by atoms with E-state index in [1.807, 2.05) is 24.4 Å². The summed E-state index contributed by atoms with van der Waals surface area (Å²) in [5.74, 6) is 0.923. The molecule has 0 aliphatic heterocycles. The number of H-pyrrole nitrogens is 1. The highest BCUT2D eigenvalue weighted by Crippen LogP contribution is 2.26. The van der Waals surface area contributed by atoms with Crippen molar-refractivity contribution >= 4 is 16.8 Å². The van der Waals surface area contributed by atoms with E-state index in [0.29, 0.717) is 22.6 Å². The fourth-order valence-electron chi connectivity index (χ4n) is 2.63. The molecule has 0 fully saturated rings. The molecule has 1 heterocycles. The molecule has 3 rings (SSSR count). The van der Waals surface area contributed by atoms with Crippen molar-refractivity contribution in [3.63, 3.8) is 0 Å². The predicted octanol–water partition coefficient (Wildman–Crippen LogP) is 2.65. The number of fused-ring (bicyclic) bond motifs is 1. The molecule has 3 aromatic rings. The summed E-state index contributed by atoms with van der Waals surface area (Å²) in [5.41, 5.74) is 2.13. The first-order chi connectivity index (χ1) is 12.1. The average molecular weight is 340 g/mol. The number of aromatic nitrogens is 1. The molecule has 0 saturated heterocycles. The number of hydrogen-bond donors (Lipinski definition) is 3. The molecule has 0 radical (unpaired) electrons. The van der Waals surface area contributed by atoms with Gasteiger partial charge in [-0.15, -0.1) is 0 Å². The molecule has 0 aliphatic carbocycles. The number of hydrogen-bond acceptors (Lipinski definition) is 4. The zero-order valence-electron chi connectivity index (χ0n) is 14.1. The van der Waals surface area contributed by atoms with E-state index >= 15 is 0 Å². The van der Waals surface area contributed by atoms with E-state index in [1.165, 1.54) is 0 Å². The van der Waals surface area contributed by atoms with Crippen LogP contribution in [0.2, 0.25) is 0 Å². The summed E-state index contributed by atoms with van der Waals surface area (Å²) in [4.78, 5) is 15.4. The minimum atomic E-state index is -0.871. The molecule has 25 heavy (non-hydrogen) atoms. The summed E-state index contributed by atoms with van der Waals surface area (Å²) >= 11 is 0. The molecular weight excluding hydrogens is 320 g/mol. The maximum atomic E-state index is 12.3. The number of ether oxygens (including phenoxy) is 2. The molecule has 2 aromatic carbocycles. The van der Waals surface area contributed by atoms with Crippen molar-refractivity contribution in [2.24, 2.45) is 0 Å². The highest BCUT2D eigenvalue weighted by Gasteiger charge is 2.14. The Labute approximate surface area is 145 Å². The summed E-state index contributed by atoms with van der Waals surface area (Å²) in [7, 11) is 3.09. The zero-order valence-corrected chi connectivity index (χ0v) is 14.1. The second-order valence-electron chi connectivity index (χ2n) is 5.65. The summed E-state index contributed by atoms with van der Waals surface area (Å²) in [6, 6.07) is 12.5. The van der Waals surface area contributed by atoms with Crippen LogP contribution in [0.4, 0.5) is 0 Å². The van der Waals surface area contributed by atoms with E-state index in [-0.39, 0.29) is 12.5 Å². The highest BCUT2D eigenvalue weighted by atomic mass is 16.5. The number of aromatic amines is 1. The molecule has 0 bridgehead atoms. The van der Waals surface area contributed by atoms with Gasteiger partial charge in [0.05, 0.1) is 20.3 Å². The van der Waals surface area contributed by atoms with Crippen LogP contribution in [0.25, 0.3) is 10.9 Å². The van der Waals surface area contributed by atoms with E-state index in [2.05, 4.69) is 10.3 Å². The van der Waals surface area contributed by atoms with Gasteiger partial charge in [0.25, 0.3) is 5.91 Å². The van der Waals surface area contributed by atoms with E-state index in [9.17, 15) is 9.90 Å². The number of nitrogens with one attached hydrogen (secondary N) is 2. The second-order valence-corrected chi connectivity index (χ2v) is 5.65. The summed E-state index contributed by atoms with van der Waals surface area (Å²) < 4.78 is 10.4. The Morgan fingerprint density at radius 3 is 2.52 bits per heavy atom. The first-order valence-corrected chi connectivity index (χ1v) is 7.87. The third-order valence-corrected chi connectivity index (χ3v) is 4.03. The third-order valence-electron chi connectivity index (χ3n) is 4.03. The highest BCUT2D eigenvalue weighted by molar-refractivity contribution is 5.98. The first kappa shape index (κ1) is 16.9. The minimum Gasteiger partial charge on any atom is -0.497 e. The molecule has 1 atom stereocenters. The van der Waals surface area contributed by atoms with Crippen molar-refractivity contribution in [1.82, 2.24) is 10.3 Å². The van der Waals surface area contributed by atoms with Gasteiger partial charge in [-0.1, -0.05) is 0 Å². The fourth-order valence-corrected chi connectivity index (χ4v) is 2.63. The Morgan fingerprint density at radius 1 is 1.12 bits per heavy atom. The van der Waals surface area contributed by atoms with Crippen LogP contribution in [0.3, 0.4) is 0 Å². The Kier molecular flexibility index (Phi) is 4.90. The molecule has 6 heteroatoms. The fraction of sp³-hybridized carbons (Fsp3) is 0.211. The molecule has 0 unspecified atom stereocenters. The number of carbonyl (C=O) groups is 1. The normalized spacial score (nSPS) is 12.0. The number of rotatable bonds is 6. The monoisotopic (exact) mass is 340 g/mol. The number of aliphatic hydroxyl groups is 1. The molecule has 0 aliphatic rings. The van der Waals surface area contributed by atoms with Crippen molar-refractivity contribution in [3.05, 3.63) is 59.8 Å². The summed E-state index contributed by atoms with van der Waals surface area (Å²) in [6.45, 7) is 0.0837. The van der Waals surface area contributed by atoms with Gasteiger partial charge in [0, 0.05) is 35.3 Å². The first-order valence-electron chi connectivity index (χ1n) is 7.87. The van der Waals surface area contributed by atoms with Gasteiger partial charge in [-0.25, -0.2) is 0 Å². The van der Waals surface area contributed by atoms with Crippen molar-refractivity contribution in [3.8, 4) is 11.5 Å². The Bertz CT molecular complexity index is 866. The van der Waals surface area contributed by atoms with Crippen LogP contribution in [0.15, 0.2) is 48.7 Å². The molecule has 6 nitrogen and oxygen atoms in total. The maximum absolute atomic E-state index is 12.3. The lowest BCUT2D eigenvalue weighted by Gasteiger charge is -2.15. The van der Waals surface area contributed by atoms with Crippen molar-refractivity contribution < 1.29 is 19.4 Å². The molecule has 0 saturated carbocycles. The van der Waals surface area contributed by atoms with Crippen LogP contribution in [-0.4, -0.2) is 36.8 Å². The second kappa shape index (κ2) is 7.27. The molecular formula is C19H20N2O4. The molecule has 130 valence electrons. The minimum absolute atomic E-state index is 0.0837. The summed E-state index contributed by atoms with van der Waals surface area (Å²) in [6.07, 6.45) is 0.954. The van der Waals surface area contributed by atoms with Crippen molar-refractivity contribution in [1.29, 1.82) is 0 Å². The van der Waals surface area contributed by atoms with E-state index in [1.54, 1.807) is 38.5 Å². The molecule has 1 aromatic heterocycles. The number of amides is 1. The molecule has 0 spiro atoms. The van der Waals surface area contributed by atoms with E-state index in [0.717, 1.165) is 10.9 Å². The lowest BCUT2D eigenvalue weighted by Crippen LogP contribution is -2.28. The van der Waals surface area contributed by atoms with Gasteiger partial charge in [-0.2, -0.15) is 0 Å². The third kappa shape index (κ3) is 3.75. The van der Waals surface area contributed by atoms with Crippen molar-refractivity contribution in [2.45, 2.75) is 6.10 Å². The lowest BCUT2D eigenvalue weighted by molar-refractivity contribution is 0.0916. The smallest absolute Gasteiger partial charge is 0.251 e. The quantitative estimate of drug-likeness (QED) is 0.644. The van der Waals surface area contributed by atoms with Gasteiger partial charge in [-0.05, 0) is 42.0 Å². The van der Waals surface area contributed by atoms with Gasteiger partial charge in [0.1, 0.15) is 11.5 Å². The molecule has 3 N–H and O–H groups in total. The van der Waals surface area contributed by atoms with Crippen molar-refractivity contribution in [2.75, 3.05) is 20.8 Å². The number of aliphatic hydroxyl groups excluding tert-OH is 1. The van der Waals surface area contributed by atoms with Gasteiger partial charge < -0.3 is 24.9 Å². The largest absolute Gasteiger partial charge is 0.497 e. The number of benzene rings is 2. The number of methoxy groups -OCH3 is 2. The maximum Gasteiger partial charge on any atom is 0.251 e. The predicted molar refractivity (Wildman–Crippen MR) is 95.1 cm³/mol. The summed E-state index contributed by atoms with van der Waals surface area (Å²) in [5, 5.41) is 14.1. The SMILES string of the molecule is COc1cc(OC)cc([C@H](O)CNC(=O)c2ccc3[nH]ccc3c2)c1. The standard InChI is InChI=1S/C19H20N2O4/c1-24-15-8-14(9-16(10-15)25-2)18(22)11-21-19(23)13-3-4-17-12(7-13)5-6-20-17/h3-10,18,20,22H,11H2,1-2H3,(H,21,23)/t18-/m1/s1. The van der Waals surface area contributed by atoms with Crippen LogP contribution in [-0.2, 0) is 0 Å². The van der Waals surface area contributed by atoms with Crippen LogP contribution >= 0.6 is 0 Å². The Hall–Kier alpha value is -2.99. The van der Waals surface area contributed by atoms with Gasteiger partial charge in [0.15, 0.2) is 0 Å².